The Kier molecular flexibility index (Phi) is 5.61. The minimum atomic E-state index is -0.107. The molecule has 3 rings (SSSR count). The van der Waals surface area contributed by atoms with Gasteiger partial charge in [-0.05, 0) is 39.7 Å². The highest BCUT2D eigenvalue weighted by Gasteiger charge is 2.18. The molecular weight excluding hydrogens is 412 g/mol. The number of methoxy groups -OCH3 is 1. The van der Waals surface area contributed by atoms with Crippen molar-refractivity contribution in [3.63, 3.8) is 0 Å². The van der Waals surface area contributed by atoms with Gasteiger partial charge < -0.3 is 14.6 Å². The van der Waals surface area contributed by atoms with Crippen LogP contribution >= 0.6 is 38.9 Å². The summed E-state index contributed by atoms with van der Waals surface area (Å²) < 4.78 is 9.06. The predicted octanol–water partition coefficient (Wildman–Crippen LogP) is 4.54. The van der Waals surface area contributed by atoms with Crippen molar-refractivity contribution in [3.8, 4) is 0 Å². The molecule has 0 unspecified atom stereocenters. The first kappa shape index (κ1) is 17.5. The number of rotatable bonds is 6. The number of amides is 1. The summed E-state index contributed by atoms with van der Waals surface area (Å²) in [6, 6.07) is 9.61. The fourth-order valence-electron chi connectivity index (χ4n) is 2.56. The van der Waals surface area contributed by atoms with Gasteiger partial charge in [0.05, 0.1) is 21.3 Å². The summed E-state index contributed by atoms with van der Waals surface area (Å²) in [6.45, 7) is 1.54. The maximum absolute atomic E-state index is 12.6. The average Bonchev–Trinajstić information content (AvgIpc) is 3.09. The Balaban J connectivity index is 1.98. The number of hydrogen-bond donors (Lipinski definition) is 1. The molecule has 0 aliphatic carbocycles. The second kappa shape index (κ2) is 7.70. The van der Waals surface area contributed by atoms with Gasteiger partial charge in [0.25, 0.3) is 5.91 Å². The Bertz CT molecular complexity index is 875. The normalized spacial score (nSPS) is 11.1. The second-order valence-electron chi connectivity index (χ2n) is 5.29. The number of carbonyl (C=O) groups excluding carboxylic acids is 1. The van der Waals surface area contributed by atoms with Crippen LogP contribution in [0, 0.1) is 0 Å². The fourth-order valence-corrected chi connectivity index (χ4v) is 4.46. The zero-order valence-corrected chi connectivity index (χ0v) is 16.2. The van der Waals surface area contributed by atoms with Crippen molar-refractivity contribution in [1.82, 2.24) is 9.88 Å². The maximum atomic E-state index is 12.6. The monoisotopic (exact) mass is 426 g/mol. The van der Waals surface area contributed by atoms with Gasteiger partial charge in [-0.1, -0.05) is 23.7 Å². The Labute approximate surface area is 157 Å². The smallest absolute Gasteiger partial charge is 0.268 e. The van der Waals surface area contributed by atoms with E-state index in [0.29, 0.717) is 30.4 Å². The third kappa shape index (κ3) is 3.67. The number of carbonyl (C=O) groups is 1. The van der Waals surface area contributed by atoms with Crippen LogP contribution in [0.5, 0.6) is 0 Å². The van der Waals surface area contributed by atoms with Crippen LogP contribution < -0.4 is 5.32 Å². The number of benzene rings is 1. The quantitative estimate of drug-likeness (QED) is 0.587. The molecule has 0 aliphatic heterocycles. The lowest BCUT2D eigenvalue weighted by Crippen LogP contribution is -2.29. The van der Waals surface area contributed by atoms with Crippen LogP contribution in [0.25, 0.3) is 10.2 Å². The van der Waals surface area contributed by atoms with Crippen molar-refractivity contribution in [1.29, 1.82) is 0 Å². The summed E-state index contributed by atoms with van der Waals surface area (Å²) in [5.74, 6) is -0.107. The van der Waals surface area contributed by atoms with E-state index in [1.807, 2.05) is 40.3 Å². The summed E-state index contributed by atoms with van der Waals surface area (Å²) in [6.07, 6.45) is 0. The Morgan fingerprint density at radius 1 is 1.42 bits per heavy atom. The van der Waals surface area contributed by atoms with Crippen molar-refractivity contribution >= 4 is 55.0 Å². The number of thiophene rings is 1. The van der Waals surface area contributed by atoms with Gasteiger partial charge in [0, 0.05) is 30.6 Å². The number of nitrogens with one attached hydrogen (secondary N) is 1. The molecule has 1 N–H and O–H groups in total. The largest absolute Gasteiger partial charge is 0.383 e. The fraction of sp³-hybridized carbons (Fsp3) is 0.235. The van der Waals surface area contributed by atoms with Crippen LogP contribution in [0.4, 0.5) is 0 Å². The van der Waals surface area contributed by atoms with E-state index in [1.54, 1.807) is 18.4 Å². The van der Waals surface area contributed by atoms with Gasteiger partial charge in [-0.3, -0.25) is 4.79 Å². The van der Waals surface area contributed by atoms with E-state index in [2.05, 4.69) is 21.2 Å². The van der Waals surface area contributed by atoms with E-state index in [-0.39, 0.29) is 5.91 Å². The van der Waals surface area contributed by atoms with Gasteiger partial charge >= 0.3 is 0 Å². The molecule has 4 nitrogen and oxygen atoms in total. The third-order valence-corrected chi connectivity index (χ3v) is 5.69. The van der Waals surface area contributed by atoms with Crippen molar-refractivity contribution in [2.45, 2.75) is 6.54 Å². The van der Waals surface area contributed by atoms with Crippen LogP contribution in [0.2, 0.25) is 5.02 Å². The number of aromatic nitrogens is 1. The first-order valence-corrected chi connectivity index (χ1v) is 9.43. The van der Waals surface area contributed by atoms with Gasteiger partial charge in [-0.25, -0.2) is 0 Å². The van der Waals surface area contributed by atoms with E-state index in [4.69, 9.17) is 16.3 Å². The first-order valence-electron chi connectivity index (χ1n) is 7.38. The van der Waals surface area contributed by atoms with Crippen LogP contribution in [-0.4, -0.2) is 30.7 Å². The van der Waals surface area contributed by atoms with Gasteiger partial charge in [0.15, 0.2) is 0 Å². The molecule has 0 spiro atoms. The molecule has 0 atom stereocenters. The molecule has 0 fully saturated rings. The van der Waals surface area contributed by atoms with Crippen molar-refractivity contribution in [3.05, 3.63) is 56.5 Å². The molecule has 1 amide bonds. The van der Waals surface area contributed by atoms with E-state index in [1.165, 1.54) is 0 Å². The topological polar surface area (TPSA) is 43.3 Å². The Morgan fingerprint density at radius 3 is 3.00 bits per heavy atom. The molecule has 0 saturated carbocycles. The number of halogens is 2. The highest BCUT2D eigenvalue weighted by atomic mass is 79.9. The molecule has 126 valence electrons. The van der Waals surface area contributed by atoms with Gasteiger partial charge in [0.2, 0.25) is 0 Å². The molecule has 0 radical (unpaired) electrons. The molecule has 2 heterocycles. The molecule has 7 heteroatoms. The highest BCUT2D eigenvalue weighted by molar-refractivity contribution is 9.10. The van der Waals surface area contributed by atoms with E-state index >= 15 is 0 Å². The van der Waals surface area contributed by atoms with Crippen molar-refractivity contribution in [2.75, 3.05) is 20.3 Å². The highest BCUT2D eigenvalue weighted by Crippen LogP contribution is 2.34. The van der Waals surface area contributed by atoms with E-state index in [9.17, 15) is 4.79 Å². The summed E-state index contributed by atoms with van der Waals surface area (Å²) in [7, 11) is 1.61. The maximum Gasteiger partial charge on any atom is 0.268 e. The van der Waals surface area contributed by atoms with Crippen molar-refractivity contribution < 1.29 is 9.53 Å². The molecule has 24 heavy (non-hydrogen) atoms. The zero-order valence-electron chi connectivity index (χ0n) is 13.0. The molecule has 2 aromatic heterocycles. The summed E-state index contributed by atoms with van der Waals surface area (Å²) in [4.78, 5) is 12.6. The number of fused-ring (bicyclic) bond motifs is 1. The number of nitrogens with zero attached hydrogens (tertiary/aromatic N) is 1. The number of hydrogen-bond acceptors (Lipinski definition) is 3. The minimum Gasteiger partial charge on any atom is -0.383 e. The van der Waals surface area contributed by atoms with Crippen molar-refractivity contribution in [2.24, 2.45) is 0 Å². The Morgan fingerprint density at radius 2 is 2.25 bits per heavy atom. The molecule has 1 aromatic carbocycles. The van der Waals surface area contributed by atoms with Gasteiger partial charge in [0.1, 0.15) is 5.69 Å². The third-order valence-electron chi connectivity index (χ3n) is 3.63. The first-order chi connectivity index (χ1) is 11.6. The lowest BCUT2D eigenvalue weighted by atomic mass is 10.2. The zero-order chi connectivity index (χ0) is 17.1. The van der Waals surface area contributed by atoms with Crippen LogP contribution in [-0.2, 0) is 11.3 Å². The lowest BCUT2D eigenvalue weighted by Gasteiger charge is -2.11. The molecule has 0 saturated heterocycles. The van der Waals surface area contributed by atoms with Crippen LogP contribution in [0.15, 0.2) is 40.2 Å². The summed E-state index contributed by atoms with van der Waals surface area (Å²) >= 11 is 11.3. The van der Waals surface area contributed by atoms with Gasteiger partial charge in [-0.15, -0.1) is 11.3 Å². The summed E-state index contributed by atoms with van der Waals surface area (Å²) in [5, 5.41) is 5.61. The van der Waals surface area contributed by atoms with Crippen LogP contribution in [0.3, 0.4) is 0 Å². The van der Waals surface area contributed by atoms with E-state index < -0.39 is 0 Å². The molecule has 0 aliphatic rings. The molecular formula is C17H16BrClN2O2S. The van der Waals surface area contributed by atoms with E-state index in [0.717, 1.165) is 20.3 Å². The second-order valence-corrected chi connectivity index (χ2v) is 7.49. The number of ether oxygens (including phenoxy) is 1. The van der Waals surface area contributed by atoms with Crippen LogP contribution in [0.1, 0.15) is 16.1 Å². The minimum absolute atomic E-state index is 0.107. The predicted molar refractivity (Wildman–Crippen MR) is 102 cm³/mol. The Hall–Kier alpha value is -1.34. The lowest BCUT2D eigenvalue weighted by molar-refractivity contribution is 0.0928. The standard InChI is InChI=1S/C17H16BrClN2O2S/c1-23-6-5-20-17(22)14-8-15-16(13(18)10-24-15)21(14)9-11-3-2-4-12(19)7-11/h2-4,7-8,10H,5-6,9H2,1H3,(H,20,22). The average molecular weight is 428 g/mol. The summed E-state index contributed by atoms with van der Waals surface area (Å²) in [5.41, 5.74) is 2.70. The SMILES string of the molecule is COCCNC(=O)c1cc2scc(Br)c2n1Cc1cccc(Cl)c1. The van der Waals surface area contributed by atoms with Gasteiger partial charge in [-0.2, -0.15) is 0 Å². The molecule has 0 bridgehead atoms. The molecule has 3 aromatic rings.